The van der Waals surface area contributed by atoms with Crippen molar-refractivity contribution in [3.05, 3.63) is 12.2 Å². The molecule has 0 bridgehead atoms. The molecule has 84 valence electrons. The van der Waals surface area contributed by atoms with Gasteiger partial charge in [0.05, 0.1) is 0 Å². The van der Waals surface area contributed by atoms with Crippen molar-refractivity contribution in [2.45, 2.75) is 46.5 Å². The summed E-state index contributed by atoms with van der Waals surface area (Å²) in [7, 11) is 0. The van der Waals surface area contributed by atoms with Crippen LogP contribution in [0.3, 0.4) is 0 Å². The van der Waals surface area contributed by atoms with Crippen LogP contribution in [0.1, 0.15) is 46.5 Å². The molecule has 0 saturated heterocycles. The molecule has 0 radical (unpaired) electrons. The Kier molecular flexibility index (Phi) is 2.74. The molecule has 3 atom stereocenters. The van der Waals surface area contributed by atoms with Gasteiger partial charge in [0.2, 0.25) is 0 Å². The summed E-state index contributed by atoms with van der Waals surface area (Å²) in [4.78, 5) is 12.2. The Morgan fingerprint density at radius 2 is 2.00 bits per heavy atom. The van der Waals surface area contributed by atoms with Crippen LogP contribution < -0.4 is 0 Å². The second-order valence-corrected chi connectivity index (χ2v) is 5.86. The summed E-state index contributed by atoms with van der Waals surface area (Å²) in [6.45, 7) is 6.84. The van der Waals surface area contributed by atoms with Gasteiger partial charge in [-0.25, -0.2) is 0 Å². The molecule has 0 aliphatic heterocycles. The van der Waals surface area contributed by atoms with Crippen LogP contribution in [0.2, 0.25) is 0 Å². The Labute approximate surface area is 92.9 Å². The minimum absolute atomic E-state index is 0.323. The Balaban J connectivity index is 2.27. The number of Topliss-reactive ketones (excluding diaryl/α,β-unsaturated/α-hetero) is 1. The van der Waals surface area contributed by atoms with E-state index in [1.807, 2.05) is 0 Å². The number of carbonyl (C=O) groups is 1. The topological polar surface area (TPSA) is 17.1 Å². The smallest absolute Gasteiger partial charge is 0.139 e. The summed E-state index contributed by atoms with van der Waals surface area (Å²) >= 11 is 0. The molecule has 2 aliphatic carbocycles. The van der Waals surface area contributed by atoms with Gasteiger partial charge in [0.1, 0.15) is 5.78 Å². The van der Waals surface area contributed by atoms with Crippen molar-refractivity contribution < 1.29 is 4.79 Å². The maximum atomic E-state index is 12.2. The zero-order valence-corrected chi connectivity index (χ0v) is 10.1. The molecule has 0 N–H and O–H groups in total. The van der Waals surface area contributed by atoms with E-state index in [9.17, 15) is 4.79 Å². The molecule has 15 heavy (non-hydrogen) atoms. The first-order chi connectivity index (χ1) is 7.06. The van der Waals surface area contributed by atoms with Crippen LogP contribution in [0.25, 0.3) is 0 Å². The predicted molar refractivity (Wildman–Crippen MR) is 62.5 cm³/mol. The lowest BCUT2D eigenvalue weighted by atomic mass is 9.56. The highest BCUT2D eigenvalue weighted by Crippen LogP contribution is 2.49. The third kappa shape index (κ3) is 1.77. The van der Waals surface area contributed by atoms with Gasteiger partial charge in [-0.1, -0.05) is 32.9 Å². The highest BCUT2D eigenvalue weighted by molar-refractivity contribution is 5.85. The second-order valence-electron chi connectivity index (χ2n) is 5.86. The molecule has 0 aromatic heterocycles. The summed E-state index contributed by atoms with van der Waals surface area (Å²) < 4.78 is 0. The van der Waals surface area contributed by atoms with E-state index in [1.54, 1.807) is 0 Å². The van der Waals surface area contributed by atoms with Gasteiger partial charge in [0.15, 0.2) is 0 Å². The SMILES string of the molecule is CCC1CC(C)(C)C2CC=CCC2C1=O. The van der Waals surface area contributed by atoms with Crippen LogP contribution in [0, 0.1) is 23.2 Å². The van der Waals surface area contributed by atoms with Crippen molar-refractivity contribution in [1.29, 1.82) is 0 Å². The fourth-order valence-electron chi connectivity index (χ4n) is 3.53. The van der Waals surface area contributed by atoms with Crippen LogP contribution >= 0.6 is 0 Å². The van der Waals surface area contributed by atoms with Crippen LogP contribution in [0.5, 0.6) is 0 Å². The Morgan fingerprint density at radius 3 is 2.67 bits per heavy atom. The largest absolute Gasteiger partial charge is 0.299 e. The van der Waals surface area contributed by atoms with Gasteiger partial charge >= 0.3 is 0 Å². The summed E-state index contributed by atoms with van der Waals surface area (Å²) in [6, 6.07) is 0. The zero-order chi connectivity index (χ0) is 11.1. The van der Waals surface area contributed by atoms with E-state index >= 15 is 0 Å². The normalized spacial score (nSPS) is 38.9. The molecule has 2 aliphatic rings. The Morgan fingerprint density at radius 1 is 1.33 bits per heavy atom. The van der Waals surface area contributed by atoms with Gasteiger partial charge in [-0.2, -0.15) is 0 Å². The molecular formula is C14H22O. The van der Waals surface area contributed by atoms with Crippen molar-refractivity contribution in [2.24, 2.45) is 23.2 Å². The van der Waals surface area contributed by atoms with Crippen LogP contribution in [0.4, 0.5) is 0 Å². The van der Waals surface area contributed by atoms with Gasteiger partial charge in [-0.3, -0.25) is 4.79 Å². The quantitative estimate of drug-likeness (QED) is 0.599. The molecular weight excluding hydrogens is 184 g/mol. The third-order valence-corrected chi connectivity index (χ3v) is 4.47. The van der Waals surface area contributed by atoms with Crippen molar-refractivity contribution >= 4 is 5.78 Å². The average Bonchev–Trinajstić information content (AvgIpc) is 2.24. The van der Waals surface area contributed by atoms with E-state index in [1.165, 1.54) is 0 Å². The fourth-order valence-corrected chi connectivity index (χ4v) is 3.53. The Hall–Kier alpha value is -0.590. The first kappa shape index (κ1) is 10.9. The maximum absolute atomic E-state index is 12.2. The molecule has 1 fully saturated rings. The number of carbonyl (C=O) groups excluding carboxylic acids is 1. The minimum Gasteiger partial charge on any atom is -0.299 e. The first-order valence-electron chi connectivity index (χ1n) is 6.25. The summed E-state index contributed by atoms with van der Waals surface area (Å²) in [6.07, 6.45) is 8.69. The standard InChI is InChI=1S/C14H22O/c1-4-10-9-14(2,3)12-8-6-5-7-11(12)13(10)15/h5-6,10-12H,4,7-9H2,1-3H3. The maximum Gasteiger partial charge on any atom is 0.139 e. The summed E-state index contributed by atoms with van der Waals surface area (Å²) in [5.41, 5.74) is 0.351. The monoisotopic (exact) mass is 206 g/mol. The van der Waals surface area contributed by atoms with Crippen molar-refractivity contribution in [1.82, 2.24) is 0 Å². The molecule has 1 heteroatoms. The predicted octanol–water partition coefficient (Wildman–Crippen LogP) is 3.59. The molecule has 1 saturated carbocycles. The molecule has 0 amide bonds. The highest BCUT2D eigenvalue weighted by atomic mass is 16.1. The van der Waals surface area contributed by atoms with Crippen LogP contribution in [-0.4, -0.2) is 5.78 Å². The number of allylic oxidation sites excluding steroid dienone is 2. The van der Waals surface area contributed by atoms with Gasteiger partial charge in [0.25, 0.3) is 0 Å². The highest BCUT2D eigenvalue weighted by Gasteiger charge is 2.46. The number of rotatable bonds is 1. The summed E-state index contributed by atoms with van der Waals surface area (Å²) in [5, 5.41) is 0. The lowest BCUT2D eigenvalue weighted by molar-refractivity contribution is -0.137. The number of ketones is 1. The van der Waals surface area contributed by atoms with Gasteiger partial charge in [0, 0.05) is 11.8 Å². The van der Waals surface area contributed by atoms with Crippen LogP contribution in [-0.2, 0) is 4.79 Å². The Bertz CT molecular complexity index is 288. The van der Waals surface area contributed by atoms with Crippen molar-refractivity contribution in [3.63, 3.8) is 0 Å². The number of fused-ring (bicyclic) bond motifs is 1. The molecule has 0 aromatic rings. The van der Waals surface area contributed by atoms with Gasteiger partial charge < -0.3 is 0 Å². The second kappa shape index (κ2) is 3.77. The summed E-state index contributed by atoms with van der Waals surface area (Å²) in [5.74, 6) is 1.79. The molecule has 2 rings (SSSR count). The molecule has 0 spiro atoms. The van der Waals surface area contributed by atoms with Gasteiger partial charge in [-0.05, 0) is 37.0 Å². The van der Waals surface area contributed by atoms with E-state index in [0.717, 1.165) is 25.7 Å². The van der Waals surface area contributed by atoms with E-state index in [2.05, 4.69) is 32.9 Å². The molecule has 0 aromatic carbocycles. The van der Waals surface area contributed by atoms with E-state index in [4.69, 9.17) is 0 Å². The van der Waals surface area contributed by atoms with Crippen LogP contribution in [0.15, 0.2) is 12.2 Å². The van der Waals surface area contributed by atoms with E-state index in [0.29, 0.717) is 29.0 Å². The molecule has 1 nitrogen and oxygen atoms in total. The fraction of sp³-hybridized carbons (Fsp3) is 0.786. The van der Waals surface area contributed by atoms with Crippen molar-refractivity contribution in [2.75, 3.05) is 0 Å². The number of hydrogen-bond donors (Lipinski definition) is 0. The van der Waals surface area contributed by atoms with Gasteiger partial charge in [-0.15, -0.1) is 0 Å². The lowest BCUT2D eigenvalue weighted by Gasteiger charge is -2.47. The minimum atomic E-state index is 0.323. The van der Waals surface area contributed by atoms with E-state index in [-0.39, 0.29) is 0 Å². The van der Waals surface area contributed by atoms with Crippen molar-refractivity contribution in [3.8, 4) is 0 Å². The lowest BCUT2D eigenvalue weighted by Crippen LogP contribution is -2.45. The third-order valence-electron chi connectivity index (χ3n) is 4.47. The molecule has 0 heterocycles. The first-order valence-corrected chi connectivity index (χ1v) is 6.25. The van der Waals surface area contributed by atoms with E-state index < -0.39 is 0 Å². The average molecular weight is 206 g/mol. The molecule has 3 unspecified atom stereocenters. The zero-order valence-electron chi connectivity index (χ0n) is 10.1. The number of hydrogen-bond acceptors (Lipinski definition) is 1.